The van der Waals surface area contributed by atoms with Crippen LogP contribution >= 0.6 is 15.9 Å². The van der Waals surface area contributed by atoms with E-state index in [-0.39, 0.29) is 16.6 Å². The summed E-state index contributed by atoms with van der Waals surface area (Å²) in [6, 6.07) is 0.866. The average Bonchev–Trinajstić information content (AvgIpc) is 2.25. The number of alkyl halides is 6. The molecule has 0 aromatic carbocycles. The Hall–Kier alpha value is -1.12. The zero-order valence-electron chi connectivity index (χ0n) is 8.89. The van der Waals surface area contributed by atoms with Crippen LogP contribution in [0.2, 0.25) is 0 Å². The van der Waals surface area contributed by atoms with E-state index in [2.05, 4.69) is 25.7 Å². The van der Waals surface area contributed by atoms with E-state index in [1.54, 1.807) is 0 Å². The van der Waals surface area contributed by atoms with Crippen LogP contribution in [0.4, 0.5) is 22.0 Å². The maximum atomic E-state index is 12.5. The molecule has 1 rings (SSSR count). The third-order valence-corrected chi connectivity index (χ3v) is 2.42. The zero-order valence-corrected chi connectivity index (χ0v) is 10.5. The number of nitrogens with zero attached hydrogens (tertiary/aromatic N) is 1. The van der Waals surface area contributed by atoms with Crippen LogP contribution in [0.5, 0.6) is 11.6 Å². The molecule has 0 radical (unpaired) electrons. The molecule has 0 aliphatic heterocycles. The van der Waals surface area contributed by atoms with Crippen molar-refractivity contribution in [3.63, 3.8) is 0 Å². The lowest BCUT2D eigenvalue weighted by molar-refractivity contribution is -0.276. The standard InChI is InChI=1S/C9H7BrF5NO2/c1-17-6-2-5(7(11)12)16-8(4(6)3-10)18-9(13,14)15/h2,7H,3H2,1H3. The Morgan fingerprint density at radius 1 is 1.39 bits per heavy atom. The highest BCUT2D eigenvalue weighted by atomic mass is 79.9. The molecule has 0 fully saturated rings. The van der Waals surface area contributed by atoms with Gasteiger partial charge < -0.3 is 9.47 Å². The van der Waals surface area contributed by atoms with Crippen LogP contribution in [0.3, 0.4) is 0 Å². The SMILES string of the molecule is COc1cc(C(F)F)nc(OC(F)(F)F)c1CBr. The van der Waals surface area contributed by atoms with E-state index >= 15 is 0 Å². The lowest BCUT2D eigenvalue weighted by Crippen LogP contribution is -2.19. The number of methoxy groups -OCH3 is 1. The Balaban J connectivity index is 3.31. The van der Waals surface area contributed by atoms with Crippen LogP contribution in [-0.4, -0.2) is 18.5 Å². The molecule has 0 saturated carbocycles. The van der Waals surface area contributed by atoms with Crippen molar-refractivity contribution in [1.82, 2.24) is 4.98 Å². The highest BCUT2D eigenvalue weighted by Crippen LogP contribution is 2.35. The first-order chi connectivity index (χ1) is 8.28. The normalized spacial score (nSPS) is 11.8. The fraction of sp³-hybridized carbons (Fsp3) is 0.444. The van der Waals surface area contributed by atoms with Crippen molar-refractivity contribution in [1.29, 1.82) is 0 Å². The summed E-state index contributed by atoms with van der Waals surface area (Å²) in [4.78, 5) is 3.13. The van der Waals surface area contributed by atoms with E-state index in [1.807, 2.05) is 0 Å². The van der Waals surface area contributed by atoms with E-state index < -0.39 is 24.4 Å². The third kappa shape index (κ3) is 3.69. The van der Waals surface area contributed by atoms with Crippen LogP contribution in [0, 0.1) is 0 Å². The van der Waals surface area contributed by atoms with E-state index in [0.717, 1.165) is 13.2 Å². The smallest absolute Gasteiger partial charge is 0.496 e. The van der Waals surface area contributed by atoms with Gasteiger partial charge in [-0.25, -0.2) is 13.8 Å². The van der Waals surface area contributed by atoms with Gasteiger partial charge in [0.2, 0.25) is 5.88 Å². The fourth-order valence-corrected chi connectivity index (χ4v) is 1.67. The molecular weight excluding hydrogens is 329 g/mol. The molecule has 9 heteroatoms. The van der Waals surface area contributed by atoms with Gasteiger partial charge in [-0.05, 0) is 0 Å². The Bertz CT molecular complexity index is 424. The predicted molar refractivity (Wildman–Crippen MR) is 55.1 cm³/mol. The summed E-state index contributed by atoms with van der Waals surface area (Å²) in [5, 5.41) is -0.0852. The second kappa shape index (κ2) is 5.68. The van der Waals surface area contributed by atoms with Crippen LogP contribution in [-0.2, 0) is 5.33 Å². The van der Waals surface area contributed by atoms with Gasteiger partial charge in [0, 0.05) is 11.4 Å². The highest BCUT2D eigenvalue weighted by Gasteiger charge is 2.34. The van der Waals surface area contributed by atoms with Gasteiger partial charge in [0.1, 0.15) is 11.4 Å². The van der Waals surface area contributed by atoms with Crippen molar-refractivity contribution in [2.75, 3.05) is 7.11 Å². The van der Waals surface area contributed by atoms with Crippen molar-refractivity contribution in [2.45, 2.75) is 18.1 Å². The first-order valence-electron chi connectivity index (χ1n) is 4.46. The molecule has 1 heterocycles. The van der Waals surface area contributed by atoms with Gasteiger partial charge in [-0.15, -0.1) is 13.2 Å². The molecule has 0 spiro atoms. The monoisotopic (exact) mass is 335 g/mol. The summed E-state index contributed by atoms with van der Waals surface area (Å²) < 4.78 is 69.6. The topological polar surface area (TPSA) is 31.4 Å². The lowest BCUT2D eigenvalue weighted by Gasteiger charge is -2.15. The molecular formula is C9H7BrF5NO2. The second-order valence-electron chi connectivity index (χ2n) is 3.02. The molecule has 0 aliphatic carbocycles. The molecule has 0 atom stereocenters. The first-order valence-corrected chi connectivity index (χ1v) is 5.58. The highest BCUT2D eigenvalue weighted by molar-refractivity contribution is 9.08. The molecule has 0 aliphatic rings. The number of hydrogen-bond donors (Lipinski definition) is 0. The van der Waals surface area contributed by atoms with Crippen molar-refractivity contribution in [3.05, 3.63) is 17.3 Å². The Morgan fingerprint density at radius 3 is 2.39 bits per heavy atom. The van der Waals surface area contributed by atoms with E-state index in [9.17, 15) is 22.0 Å². The van der Waals surface area contributed by atoms with Crippen LogP contribution < -0.4 is 9.47 Å². The number of ether oxygens (including phenoxy) is 2. The number of hydrogen-bond acceptors (Lipinski definition) is 3. The molecule has 0 bridgehead atoms. The molecule has 0 amide bonds. The van der Waals surface area contributed by atoms with Crippen LogP contribution in [0.15, 0.2) is 6.07 Å². The van der Waals surface area contributed by atoms with E-state index in [4.69, 9.17) is 4.74 Å². The zero-order chi connectivity index (χ0) is 13.9. The Labute approximate surface area is 107 Å². The van der Waals surface area contributed by atoms with Crippen LogP contribution in [0.1, 0.15) is 17.7 Å². The Kier molecular flexibility index (Phi) is 4.71. The minimum atomic E-state index is -5.02. The van der Waals surface area contributed by atoms with E-state index in [0.29, 0.717) is 0 Å². The van der Waals surface area contributed by atoms with Gasteiger partial charge in [0.15, 0.2) is 0 Å². The van der Waals surface area contributed by atoms with Gasteiger partial charge in [-0.1, -0.05) is 15.9 Å². The molecule has 1 aromatic heterocycles. The number of aromatic nitrogens is 1. The van der Waals surface area contributed by atoms with Crippen LogP contribution in [0.25, 0.3) is 0 Å². The molecule has 0 saturated heterocycles. The molecule has 0 unspecified atom stereocenters. The summed E-state index contributed by atoms with van der Waals surface area (Å²) in [5.41, 5.74) is -0.949. The number of rotatable bonds is 4. The third-order valence-electron chi connectivity index (χ3n) is 1.85. The minimum Gasteiger partial charge on any atom is -0.496 e. The molecule has 102 valence electrons. The molecule has 18 heavy (non-hydrogen) atoms. The molecule has 0 N–H and O–H groups in total. The van der Waals surface area contributed by atoms with Crippen molar-refractivity contribution in [3.8, 4) is 11.6 Å². The van der Waals surface area contributed by atoms with Crippen molar-refractivity contribution >= 4 is 15.9 Å². The quantitative estimate of drug-likeness (QED) is 0.619. The fourth-order valence-electron chi connectivity index (χ4n) is 1.15. The summed E-state index contributed by atoms with van der Waals surface area (Å²) in [6.07, 6.45) is -8.05. The van der Waals surface area contributed by atoms with Gasteiger partial charge >= 0.3 is 6.36 Å². The number of pyridine rings is 1. The maximum absolute atomic E-state index is 12.5. The first kappa shape index (κ1) is 14.9. The number of halogens is 6. The molecule has 3 nitrogen and oxygen atoms in total. The van der Waals surface area contributed by atoms with Gasteiger partial charge in [0.25, 0.3) is 6.43 Å². The lowest BCUT2D eigenvalue weighted by atomic mass is 10.2. The van der Waals surface area contributed by atoms with Gasteiger partial charge in [-0.2, -0.15) is 0 Å². The summed E-state index contributed by atoms with van der Waals surface area (Å²) >= 11 is 2.91. The minimum absolute atomic E-state index is 0.0852. The largest absolute Gasteiger partial charge is 0.574 e. The summed E-state index contributed by atoms with van der Waals surface area (Å²) in [7, 11) is 1.15. The Morgan fingerprint density at radius 2 is 2.00 bits per heavy atom. The van der Waals surface area contributed by atoms with Crippen molar-refractivity contribution in [2.24, 2.45) is 0 Å². The van der Waals surface area contributed by atoms with E-state index in [1.165, 1.54) is 0 Å². The summed E-state index contributed by atoms with van der Waals surface area (Å²) in [5.74, 6) is -1.11. The summed E-state index contributed by atoms with van der Waals surface area (Å²) in [6.45, 7) is 0. The molecule has 1 aromatic rings. The predicted octanol–water partition coefficient (Wildman–Crippen LogP) is 3.82. The second-order valence-corrected chi connectivity index (χ2v) is 3.58. The maximum Gasteiger partial charge on any atom is 0.574 e. The van der Waals surface area contributed by atoms with Gasteiger partial charge in [0.05, 0.1) is 12.7 Å². The average molecular weight is 336 g/mol. The van der Waals surface area contributed by atoms with Gasteiger partial charge in [-0.3, -0.25) is 0 Å². The van der Waals surface area contributed by atoms with Crippen molar-refractivity contribution < 1.29 is 31.4 Å².